The summed E-state index contributed by atoms with van der Waals surface area (Å²) >= 11 is 0. The van der Waals surface area contributed by atoms with Gasteiger partial charge in [-0.1, -0.05) is 18.2 Å². The van der Waals surface area contributed by atoms with Crippen LogP contribution in [-0.2, 0) is 6.42 Å². The van der Waals surface area contributed by atoms with Crippen molar-refractivity contribution in [3.63, 3.8) is 0 Å². The predicted octanol–water partition coefficient (Wildman–Crippen LogP) is 2.51. The first-order valence-corrected chi connectivity index (χ1v) is 7.16. The zero-order valence-electron chi connectivity index (χ0n) is 12.0. The van der Waals surface area contributed by atoms with E-state index in [-0.39, 0.29) is 12.0 Å². The van der Waals surface area contributed by atoms with E-state index < -0.39 is 0 Å². The minimum Gasteiger partial charge on any atom is -0.493 e. The molecule has 0 saturated carbocycles. The third-order valence-corrected chi connectivity index (χ3v) is 3.89. The van der Waals surface area contributed by atoms with Gasteiger partial charge in [0.15, 0.2) is 0 Å². The van der Waals surface area contributed by atoms with Gasteiger partial charge in [-0.05, 0) is 26.0 Å². The molecule has 2 heterocycles. The average Bonchev–Trinajstić information content (AvgIpc) is 3.04. The number of hydrogen-bond donors (Lipinski definition) is 1. The molecule has 2 atom stereocenters. The Kier molecular flexibility index (Phi) is 3.49. The summed E-state index contributed by atoms with van der Waals surface area (Å²) in [6.45, 7) is 4.92. The lowest BCUT2D eigenvalue weighted by atomic mass is 9.91. The second kappa shape index (κ2) is 5.29. The van der Waals surface area contributed by atoms with Gasteiger partial charge >= 0.3 is 0 Å². The fraction of sp³-hybridized carbons (Fsp3) is 0.438. The highest BCUT2D eigenvalue weighted by Crippen LogP contribution is 2.35. The van der Waals surface area contributed by atoms with Crippen LogP contribution in [0.15, 0.2) is 36.5 Å². The van der Waals surface area contributed by atoms with E-state index in [1.165, 1.54) is 5.56 Å². The molecule has 0 fully saturated rings. The van der Waals surface area contributed by atoms with Crippen molar-refractivity contribution in [2.75, 3.05) is 6.61 Å². The Labute approximate surface area is 119 Å². The van der Waals surface area contributed by atoms with Crippen LogP contribution >= 0.6 is 0 Å². The quantitative estimate of drug-likeness (QED) is 0.929. The van der Waals surface area contributed by atoms with Crippen molar-refractivity contribution in [1.29, 1.82) is 0 Å². The van der Waals surface area contributed by atoms with Crippen LogP contribution in [0.4, 0.5) is 0 Å². The van der Waals surface area contributed by atoms with Crippen LogP contribution in [0.5, 0.6) is 5.75 Å². The third-order valence-electron chi connectivity index (χ3n) is 3.89. The topological polar surface area (TPSA) is 53.1 Å². The second-order valence-corrected chi connectivity index (χ2v) is 5.70. The van der Waals surface area contributed by atoms with E-state index in [0.29, 0.717) is 12.6 Å². The first kappa shape index (κ1) is 13.2. The van der Waals surface area contributed by atoms with Gasteiger partial charge in [-0.15, -0.1) is 0 Å². The average molecular weight is 271 g/mol. The van der Waals surface area contributed by atoms with Crippen LogP contribution < -0.4 is 10.5 Å². The maximum atomic E-state index is 6.38. The van der Waals surface area contributed by atoms with Crippen molar-refractivity contribution < 1.29 is 4.74 Å². The molecule has 4 heteroatoms. The summed E-state index contributed by atoms with van der Waals surface area (Å²) in [5, 5.41) is 4.57. The molecule has 0 amide bonds. The lowest BCUT2D eigenvalue weighted by Crippen LogP contribution is -2.31. The zero-order valence-corrected chi connectivity index (χ0v) is 12.0. The van der Waals surface area contributed by atoms with Gasteiger partial charge in [-0.2, -0.15) is 5.10 Å². The SMILES string of the molecule is CC(C)n1ccc(CC(N)C2COc3ccccc32)n1. The third kappa shape index (κ3) is 2.43. The molecular formula is C16H21N3O. The van der Waals surface area contributed by atoms with Crippen LogP contribution in [0.3, 0.4) is 0 Å². The Morgan fingerprint density at radius 2 is 2.15 bits per heavy atom. The van der Waals surface area contributed by atoms with Crippen LogP contribution in [0.2, 0.25) is 0 Å². The van der Waals surface area contributed by atoms with Gasteiger partial charge < -0.3 is 10.5 Å². The van der Waals surface area contributed by atoms with E-state index in [0.717, 1.165) is 17.9 Å². The molecule has 1 aliphatic heterocycles. The van der Waals surface area contributed by atoms with Crippen molar-refractivity contribution in [2.24, 2.45) is 5.73 Å². The van der Waals surface area contributed by atoms with Gasteiger partial charge in [0, 0.05) is 36.2 Å². The lowest BCUT2D eigenvalue weighted by Gasteiger charge is -2.17. The van der Waals surface area contributed by atoms with Crippen molar-refractivity contribution in [3.05, 3.63) is 47.8 Å². The van der Waals surface area contributed by atoms with E-state index in [9.17, 15) is 0 Å². The van der Waals surface area contributed by atoms with Gasteiger partial charge in [0.05, 0.1) is 12.3 Å². The molecule has 20 heavy (non-hydrogen) atoms. The number of benzene rings is 1. The highest BCUT2D eigenvalue weighted by molar-refractivity contribution is 5.40. The molecule has 1 aromatic carbocycles. The Balaban J connectivity index is 1.72. The Morgan fingerprint density at radius 3 is 2.90 bits per heavy atom. The minimum atomic E-state index is 0.0363. The molecule has 1 aliphatic rings. The van der Waals surface area contributed by atoms with E-state index in [2.05, 4.69) is 31.1 Å². The summed E-state index contributed by atoms with van der Waals surface area (Å²) in [7, 11) is 0. The number of nitrogens with zero attached hydrogens (tertiary/aromatic N) is 2. The van der Waals surface area contributed by atoms with Crippen LogP contribution in [0.1, 0.15) is 37.1 Å². The summed E-state index contributed by atoms with van der Waals surface area (Å²) in [6.07, 6.45) is 2.80. The molecular weight excluding hydrogens is 250 g/mol. The van der Waals surface area contributed by atoms with Crippen molar-refractivity contribution in [1.82, 2.24) is 9.78 Å². The van der Waals surface area contributed by atoms with Gasteiger partial charge in [-0.3, -0.25) is 4.68 Å². The molecule has 2 aromatic rings. The monoisotopic (exact) mass is 271 g/mol. The molecule has 0 spiro atoms. The van der Waals surface area contributed by atoms with Gasteiger partial charge in [0.2, 0.25) is 0 Å². The van der Waals surface area contributed by atoms with Crippen LogP contribution in [0, 0.1) is 0 Å². The van der Waals surface area contributed by atoms with Gasteiger partial charge in [0.1, 0.15) is 5.75 Å². The molecule has 4 nitrogen and oxygen atoms in total. The standard InChI is InChI=1S/C16H21N3O/c1-11(2)19-8-7-12(18-19)9-15(17)14-10-20-16-6-4-3-5-13(14)16/h3-8,11,14-15H,9-10,17H2,1-2H3. The van der Waals surface area contributed by atoms with Gasteiger partial charge in [-0.25, -0.2) is 0 Å². The van der Waals surface area contributed by atoms with Crippen molar-refractivity contribution >= 4 is 0 Å². The molecule has 1 aromatic heterocycles. The number of nitrogens with two attached hydrogens (primary N) is 1. The highest BCUT2D eigenvalue weighted by atomic mass is 16.5. The summed E-state index contributed by atoms with van der Waals surface area (Å²) in [6, 6.07) is 10.6. The lowest BCUT2D eigenvalue weighted by molar-refractivity contribution is 0.312. The summed E-state index contributed by atoms with van der Waals surface area (Å²) in [5.74, 6) is 1.23. The number of rotatable bonds is 4. The van der Waals surface area contributed by atoms with Crippen molar-refractivity contribution in [2.45, 2.75) is 38.3 Å². The zero-order chi connectivity index (χ0) is 14.1. The number of fused-ring (bicyclic) bond motifs is 1. The molecule has 2 unspecified atom stereocenters. The summed E-state index contributed by atoms with van der Waals surface area (Å²) < 4.78 is 7.68. The van der Waals surface area contributed by atoms with Crippen LogP contribution in [0.25, 0.3) is 0 Å². The summed E-state index contributed by atoms with van der Waals surface area (Å²) in [5.41, 5.74) is 8.66. The Hall–Kier alpha value is -1.81. The number of para-hydroxylation sites is 1. The smallest absolute Gasteiger partial charge is 0.122 e. The van der Waals surface area contributed by atoms with E-state index in [1.807, 2.05) is 29.1 Å². The molecule has 0 bridgehead atoms. The Bertz CT molecular complexity index is 591. The molecule has 0 aliphatic carbocycles. The van der Waals surface area contributed by atoms with Crippen LogP contribution in [-0.4, -0.2) is 22.4 Å². The van der Waals surface area contributed by atoms with Gasteiger partial charge in [0.25, 0.3) is 0 Å². The van der Waals surface area contributed by atoms with E-state index in [1.54, 1.807) is 0 Å². The molecule has 106 valence electrons. The maximum Gasteiger partial charge on any atom is 0.122 e. The number of hydrogen-bond acceptors (Lipinski definition) is 3. The molecule has 2 N–H and O–H groups in total. The number of aromatic nitrogens is 2. The second-order valence-electron chi connectivity index (χ2n) is 5.70. The molecule has 0 radical (unpaired) electrons. The predicted molar refractivity (Wildman–Crippen MR) is 79.0 cm³/mol. The first-order valence-electron chi connectivity index (χ1n) is 7.16. The highest BCUT2D eigenvalue weighted by Gasteiger charge is 2.29. The van der Waals surface area contributed by atoms with E-state index in [4.69, 9.17) is 10.5 Å². The summed E-state index contributed by atoms with van der Waals surface area (Å²) in [4.78, 5) is 0. The van der Waals surface area contributed by atoms with Crippen molar-refractivity contribution in [3.8, 4) is 5.75 Å². The fourth-order valence-corrected chi connectivity index (χ4v) is 2.70. The number of ether oxygens (including phenoxy) is 1. The molecule has 3 rings (SSSR count). The maximum absolute atomic E-state index is 6.38. The normalized spacial score (nSPS) is 18.9. The molecule has 0 saturated heterocycles. The first-order chi connectivity index (χ1) is 9.65. The minimum absolute atomic E-state index is 0.0363. The largest absolute Gasteiger partial charge is 0.493 e. The fourth-order valence-electron chi connectivity index (χ4n) is 2.70. The Morgan fingerprint density at radius 1 is 1.35 bits per heavy atom. The van der Waals surface area contributed by atoms with E-state index >= 15 is 0 Å².